The van der Waals surface area contributed by atoms with Crippen molar-refractivity contribution >= 4 is 5.69 Å². The van der Waals surface area contributed by atoms with Crippen LogP contribution in [0.1, 0.15) is 39.4 Å². The average Bonchev–Trinajstić information content (AvgIpc) is 2.14. The smallest absolute Gasteiger partial charge is 0.123 e. The quantitative estimate of drug-likeness (QED) is 0.874. The van der Waals surface area contributed by atoms with Crippen molar-refractivity contribution in [3.63, 3.8) is 0 Å². The molecular formula is C14H22FNO. The average molecular weight is 239 g/mol. The zero-order chi connectivity index (χ0) is 13.2. The van der Waals surface area contributed by atoms with Crippen LogP contribution in [0, 0.1) is 11.2 Å². The van der Waals surface area contributed by atoms with Gasteiger partial charge in [0.15, 0.2) is 0 Å². The lowest BCUT2D eigenvalue weighted by Crippen LogP contribution is -2.30. The van der Waals surface area contributed by atoms with Crippen LogP contribution in [0.3, 0.4) is 0 Å². The molecule has 0 spiro atoms. The van der Waals surface area contributed by atoms with Gasteiger partial charge >= 0.3 is 0 Å². The third kappa shape index (κ3) is 4.00. The first-order valence-corrected chi connectivity index (χ1v) is 5.89. The second-order valence-electron chi connectivity index (χ2n) is 5.80. The Hall–Kier alpha value is -1.09. The Morgan fingerprint density at radius 2 is 1.94 bits per heavy atom. The molecule has 96 valence electrons. The first-order valence-electron chi connectivity index (χ1n) is 5.89. The van der Waals surface area contributed by atoms with Crippen LogP contribution in [0.15, 0.2) is 18.2 Å². The molecule has 0 amide bonds. The van der Waals surface area contributed by atoms with Crippen LogP contribution in [0.4, 0.5) is 10.1 Å². The fourth-order valence-corrected chi connectivity index (χ4v) is 2.00. The van der Waals surface area contributed by atoms with E-state index in [1.165, 1.54) is 12.1 Å². The van der Waals surface area contributed by atoms with Crippen molar-refractivity contribution in [3.8, 4) is 0 Å². The van der Waals surface area contributed by atoms with E-state index in [9.17, 15) is 9.50 Å². The normalized spacial score (nSPS) is 13.6. The second kappa shape index (κ2) is 5.05. The largest absolute Gasteiger partial charge is 0.389 e. The van der Waals surface area contributed by atoms with Gasteiger partial charge in [-0.25, -0.2) is 4.39 Å². The summed E-state index contributed by atoms with van der Waals surface area (Å²) in [7, 11) is 1.96. The van der Waals surface area contributed by atoms with Gasteiger partial charge in [-0.3, -0.25) is 0 Å². The van der Waals surface area contributed by atoms with Crippen molar-refractivity contribution < 1.29 is 9.50 Å². The molecule has 1 unspecified atom stereocenters. The minimum atomic E-state index is -0.664. The topological polar surface area (TPSA) is 23.5 Å². The molecule has 0 aliphatic rings. The lowest BCUT2D eigenvalue weighted by molar-refractivity contribution is 0.199. The highest BCUT2D eigenvalue weighted by atomic mass is 19.1. The van der Waals surface area contributed by atoms with Gasteiger partial charge in [-0.1, -0.05) is 20.8 Å². The summed E-state index contributed by atoms with van der Waals surface area (Å²) in [5.41, 5.74) is 1.67. The molecule has 0 fully saturated rings. The first kappa shape index (κ1) is 14.0. The molecule has 0 aromatic heterocycles. The molecule has 0 aliphatic heterocycles. The maximum Gasteiger partial charge on any atom is 0.123 e. The summed E-state index contributed by atoms with van der Waals surface area (Å²) in [5, 5.41) is 9.68. The maximum absolute atomic E-state index is 13.2. The predicted molar refractivity (Wildman–Crippen MR) is 69.8 cm³/mol. The molecule has 3 heteroatoms. The number of hydrogen-bond acceptors (Lipinski definition) is 2. The molecule has 1 rings (SSSR count). The summed E-state index contributed by atoms with van der Waals surface area (Å²) in [6, 6.07) is 4.56. The summed E-state index contributed by atoms with van der Waals surface area (Å²) < 4.78 is 13.2. The minimum absolute atomic E-state index is 0.152. The van der Waals surface area contributed by atoms with Crippen LogP contribution < -0.4 is 4.90 Å². The minimum Gasteiger partial charge on any atom is -0.389 e. The fourth-order valence-electron chi connectivity index (χ4n) is 2.00. The number of anilines is 1. The van der Waals surface area contributed by atoms with E-state index in [1.807, 2.05) is 7.05 Å². The Labute approximate surface area is 103 Å². The molecule has 0 aliphatic carbocycles. The monoisotopic (exact) mass is 239 g/mol. The van der Waals surface area contributed by atoms with E-state index in [2.05, 4.69) is 25.7 Å². The number of nitrogens with zero attached hydrogens (tertiary/aromatic N) is 1. The summed E-state index contributed by atoms with van der Waals surface area (Å²) in [5.74, 6) is -0.311. The summed E-state index contributed by atoms with van der Waals surface area (Å²) in [6.45, 7) is 8.95. The predicted octanol–water partition coefficient (Wildman–Crippen LogP) is 3.36. The van der Waals surface area contributed by atoms with E-state index in [0.29, 0.717) is 5.56 Å². The Bertz CT molecular complexity index is 382. The van der Waals surface area contributed by atoms with E-state index in [4.69, 9.17) is 0 Å². The molecule has 0 radical (unpaired) electrons. The van der Waals surface area contributed by atoms with Crippen molar-refractivity contribution in [2.75, 3.05) is 18.5 Å². The van der Waals surface area contributed by atoms with Crippen molar-refractivity contribution in [2.24, 2.45) is 5.41 Å². The highest BCUT2D eigenvalue weighted by Gasteiger charge is 2.18. The third-order valence-electron chi connectivity index (χ3n) is 2.56. The molecule has 0 saturated heterocycles. The molecular weight excluding hydrogens is 217 g/mol. The van der Waals surface area contributed by atoms with Crippen LogP contribution in [-0.2, 0) is 0 Å². The molecule has 0 saturated carbocycles. The molecule has 1 atom stereocenters. The number of halogens is 1. The summed E-state index contributed by atoms with van der Waals surface area (Å²) >= 11 is 0. The molecule has 2 nitrogen and oxygen atoms in total. The number of benzene rings is 1. The van der Waals surface area contributed by atoms with Crippen molar-refractivity contribution in [1.82, 2.24) is 0 Å². The molecule has 1 N–H and O–H groups in total. The van der Waals surface area contributed by atoms with Crippen molar-refractivity contribution in [3.05, 3.63) is 29.6 Å². The van der Waals surface area contributed by atoms with Gasteiger partial charge in [0.1, 0.15) is 5.82 Å². The molecule has 1 aromatic rings. The molecule has 0 heterocycles. The lowest BCUT2D eigenvalue weighted by Gasteiger charge is -2.30. The zero-order valence-corrected chi connectivity index (χ0v) is 11.3. The van der Waals surface area contributed by atoms with Crippen LogP contribution in [-0.4, -0.2) is 18.7 Å². The van der Waals surface area contributed by atoms with E-state index in [0.717, 1.165) is 12.2 Å². The summed E-state index contributed by atoms with van der Waals surface area (Å²) in [4.78, 5) is 2.06. The number of hydrogen-bond donors (Lipinski definition) is 1. The van der Waals surface area contributed by atoms with Gasteiger partial charge in [0.05, 0.1) is 6.10 Å². The van der Waals surface area contributed by atoms with Crippen LogP contribution in [0.2, 0.25) is 0 Å². The summed E-state index contributed by atoms with van der Waals surface area (Å²) in [6.07, 6.45) is -0.664. The van der Waals surface area contributed by atoms with Gasteiger partial charge in [-0.15, -0.1) is 0 Å². The van der Waals surface area contributed by atoms with E-state index >= 15 is 0 Å². The number of rotatable bonds is 3. The Morgan fingerprint density at radius 1 is 1.35 bits per heavy atom. The Kier molecular flexibility index (Phi) is 4.15. The van der Waals surface area contributed by atoms with Gasteiger partial charge in [-0.2, -0.15) is 0 Å². The van der Waals surface area contributed by atoms with Gasteiger partial charge in [0, 0.05) is 24.8 Å². The molecule has 17 heavy (non-hydrogen) atoms. The van der Waals surface area contributed by atoms with Gasteiger partial charge < -0.3 is 10.0 Å². The van der Waals surface area contributed by atoms with Crippen LogP contribution >= 0.6 is 0 Å². The first-order chi connectivity index (χ1) is 7.70. The lowest BCUT2D eigenvalue weighted by atomic mass is 9.95. The Balaban J connectivity index is 3.04. The molecule has 0 bridgehead atoms. The maximum atomic E-state index is 13.2. The third-order valence-corrected chi connectivity index (χ3v) is 2.56. The fraction of sp³-hybridized carbons (Fsp3) is 0.571. The standard InChI is InChI=1S/C14H22FNO/c1-10(17)12-8-11(15)6-7-13(12)16(5)9-14(2,3)4/h6-8,10,17H,9H2,1-5H3. The van der Waals surface area contributed by atoms with Crippen LogP contribution in [0.5, 0.6) is 0 Å². The van der Waals surface area contributed by atoms with E-state index in [1.54, 1.807) is 13.0 Å². The SMILES string of the molecule is CC(O)c1cc(F)ccc1N(C)CC(C)(C)C. The highest BCUT2D eigenvalue weighted by molar-refractivity contribution is 5.54. The van der Waals surface area contributed by atoms with E-state index < -0.39 is 6.10 Å². The van der Waals surface area contributed by atoms with Gasteiger partial charge in [0.25, 0.3) is 0 Å². The Morgan fingerprint density at radius 3 is 2.41 bits per heavy atom. The van der Waals surface area contributed by atoms with Crippen LogP contribution in [0.25, 0.3) is 0 Å². The van der Waals surface area contributed by atoms with Gasteiger partial charge in [0.2, 0.25) is 0 Å². The zero-order valence-electron chi connectivity index (χ0n) is 11.3. The number of aliphatic hydroxyl groups excluding tert-OH is 1. The van der Waals surface area contributed by atoms with Crippen molar-refractivity contribution in [2.45, 2.75) is 33.8 Å². The van der Waals surface area contributed by atoms with E-state index in [-0.39, 0.29) is 11.2 Å². The number of aliphatic hydroxyl groups is 1. The van der Waals surface area contributed by atoms with Gasteiger partial charge in [-0.05, 0) is 30.5 Å². The second-order valence-corrected chi connectivity index (χ2v) is 5.80. The molecule has 1 aromatic carbocycles. The highest BCUT2D eigenvalue weighted by Crippen LogP contribution is 2.28. The van der Waals surface area contributed by atoms with Crippen molar-refractivity contribution in [1.29, 1.82) is 0 Å².